The van der Waals surface area contributed by atoms with E-state index in [9.17, 15) is 9.59 Å². The van der Waals surface area contributed by atoms with Crippen molar-refractivity contribution in [2.75, 3.05) is 44.0 Å². The Morgan fingerprint density at radius 1 is 1.00 bits per heavy atom. The Morgan fingerprint density at radius 3 is 2.44 bits per heavy atom. The van der Waals surface area contributed by atoms with Crippen LogP contribution in [0.2, 0.25) is 0 Å². The number of nitrogens with two attached hydrogens (primary N) is 2. The average molecular weight is 589 g/mol. The molecule has 43 heavy (non-hydrogen) atoms. The molecule has 0 atom stereocenters. The van der Waals surface area contributed by atoms with E-state index in [0.29, 0.717) is 42.9 Å². The van der Waals surface area contributed by atoms with Gasteiger partial charge in [-0.05, 0) is 59.9 Å². The lowest BCUT2D eigenvalue weighted by Crippen LogP contribution is -2.33. The molecule has 3 aromatic rings. The highest BCUT2D eigenvalue weighted by atomic mass is 16.5. The number of hydrogen-bond donors (Lipinski definition) is 5. The third-order valence-electron chi connectivity index (χ3n) is 8.07. The first-order valence-corrected chi connectivity index (χ1v) is 14.7. The van der Waals surface area contributed by atoms with Gasteiger partial charge in [-0.1, -0.05) is 36.8 Å². The van der Waals surface area contributed by atoms with E-state index in [1.165, 1.54) is 24.7 Å². The molecule has 2 aliphatic rings. The number of nitrogens with one attached hydrogen (secondary N) is 3. The number of ether oxygens (including phenoxy) is 2. The topological polar surface area (TPSA) is 170 Å². The van der Waals surface area contributed by atoms with Crippen molar-refractivity contribution in [1.82, 2.24) is 20.3 Å². The SMILES string of the molecule is COc1nc(C(=O)NCC2CCC2)c(NC(=O)c2ccc(CN(N)/C=C\N)c3ccccc23)nc1NCC1CCOCC1. The van der Waals surface area contributed by atoms with E-state index in [1.54, 1.807) is 12.3 Å². The number of benzene rings is 2. The molecule has 0 bridgehead atoms. The van der Waals surface area contributed by atoms with Gasteiger partial charge in [0.1, 0.15) is 0 Å². The first kappa shape index (κ1) is 30.1. The van der Waals surface area contributed by atoms with Crippen LogP contribution in [-0.4, -0.2) is 60.2 Å². The van der Waals surface area contributed by atoms with Gasteiger partial charge in [0, 0.05) is 44.3 Å². The predicted octanol–water partition coefficient (Wildman–Crippen LogP) is 3.36. The second kappa shape index (κ2) is 14.2. The number of hydrazine groups is 1. The molecule has 7 N–H and O–H groups in total. The van der Waals surface area contributed by atoms with Crippen LogP contribution in [0.15, 0.2) is 48.8 Å². The predicted molar refractivity (Wildman–Crippen MR) is 165 cm³/mol. The van der Waals surface area contributed by atoms with Crippen LogP contribution >= 0.6 is 0 Å². The maximum atomic E-state index is 13.8. The van der Waals surface area contributed by atoms with Crippen molar-refractivity contribution in [1.29, 1.82) is 0 Å². The molecule has 0 unspecified atom stereocenters. The van der Waals surface area contributed by atoms with Gasteiger partial charge in [-0.2, -0.15) is 0 Å². The monoisotopic (exact) mass is 588 g/mol. The van der Waals surface area contributed by atoms with Crippen LogP contribution < -0.4 is 32.3 Å². The number of aromatic nitrogens is 2. The quantitative estimate of drug-likeness (QED) is 0.156. The van der Waals surface area contributed by atoms with Crippen molar-refractivity contribution >= 4 is 34.2 Å². The third kappa shape index (κ3) is 7.33. The summed E-state index contributed by atoms with van der Waals surface area (Å²) in [6.07, 6.45) is 8.14. The molecule has 12 nitrogen and oxygen atoms in total. The smallest absolute Gasteiger partial charge is 0.273 e. The van der Waals surface area contributed by atoms with Gasteiger partial charge < -0.3 is 36.2 Å². The maximum Gasteiger partial charge on any atom is 0.273 e. The summed E-state index contributed by atoms with van der Waals surface area (Å²) in [5.41, 5.74) is 6.83. The van der Waals surface area contributed by atoms with E-state index in [2.05, 4.69) is 25.9 Å². The minimum atomic E-state index is -0.419. The molecular weight excluding hydrogens is 548 g/mol. The molecule has 228 valence electrons. The summed E-state index contributed by atoms with van der Waals surface area (Å²) in [5, 5.41) is 12.2. The standard InChI is InChI=1S/C31H40N8O4/c1-42-31-28(34-17-21-11-15-43-16-12-21)37-27(26(36-31)30(41)35-18-20-5-4-6-20)38-29(40)25-10-9-22(19-39(33)14-13-32)23-7-2-3-8-24(23)25/h2-3,7-10,13-14,20-21H,4-6,11-12,15-19,32-33H2,1H3,(H,35,41)(H2,34,37,38,40)/b14-13-. The van der Waals surface area contributed by atoms with Crippen LogP contribution in [-0.2, 0) is 11.3 Å². The van der Waals surface area contributed by atoms with Gasteiger partial charge in [0.15, 0.2) is 17.3 Å². The van der Waals surface area contributed by atoms with Crippen LogP contribution in [0.25, 0.3) is 10.8 Å². The minimum Gasteiger partial charge on any atom is -0.478 e. The van der Waals surface area contributed by atoms with Gasteiger partial charge in [0.05, 0.1) is 13.7 Å². The summed E-state index contributed by atoms with van der Waals surface area (Å²) in [4.78, 5) is 36.3. The molecule has 0 spiro atoms. The Labute approximate surface area is 251 Å². The Hall–Kier alpha value is -4.42. The first-order chi connectivity index (χ1) is 21.0. The number of carbonyl (C=O) groups excluding carboxylic acids is 2. The van der Waals surface area contributed by atoms with Gasteiger partial charge in [0.2, 0.25) is 0 Å². The Balaban J connectivity index is 1.45. The number of amides is 2. The molecule has 2 fully saturated rings. The Bertz CT molecular complexity index is 1470. The molecule has 1 aliphatic heterocycles. The molecule has 2 heterocycles. The summed E-state index contributed by atoms with van der Waals surface area (Å²) in [6, 6.07) is 11.2. The van der Waals surface area contributed by atoms with Crippen LogP contribution in [0.5, 0.6) is 5.88 Å². The Morgan fingerprint density at radius 2 is 1.74 bits per heavy atom. The average Bonchev–Trinajstić information content (AvgIpc) is 3.00. The number of anilines is 2. The largest absolute Gasteiger partial charge is 0.478 e. The zero-order chi connectivity index (χ0) is 30.2. The molecule has 1 saturated heterocycles. The molecule has 2 amide bonds. The zero-order valence-corrected chi connectivity index (χ0v) is 24.5. The Kier molecular flexibility index (Phi) is 9.90. The molecule has 2 aromatic carbocycles. The highest BCUT2D eigenvalue weighted by molar-refractivity contribution is 6.14. The van der Waals surface area contributed by atoms with Crippen LogP contribution in [0, 0.1) is 11.8 Å². The van der Waals surface area contributed by atoms with Crippen molar-refractivity contribution < 1.29 is 19.1 Å². The van der Waals surface area contributed by atoms with Crippen LogP contribution in [0.4, 0.5) is 11.6 Å². The van der Waals surface area contributed by atoms with Gasteiger partial charge >= 0.3 is 0 Å². The molecule has 1 aliphatic carbocycles. The van der Waals surface area contributed by atoms with E-state index in [-0.39, 0.29) is 17.4 Å². The molecule has 12 heteroatoms. The second-order valence-corrected chi connectivity index (χ2v) is 11.0. The molecule has 1 aromatic heterocycles. The number of carbonyl (C=O) groups is 2. The van der Waals surface area contributed by atoms with E-state index in [1.807, 2.05) is 30.3 Å². The fraction of sp³-hybridized carbons (Fsp3) is 0.419. The van der Waals surface area contributed by atoms with Gasteiger partial charge in [0.25, 0.3) is 17.7 Å². The maximum absolute atomic E-state index is 13.8. The van der Waals surface area contributed by atoms with E-state index in [4.69, 9.17) is 21.1 Å². The van der Waals surface area contributed by atoms with Crippen molar-refractivity contribution in [2.45, 2.75) is 38.6 Å². The summed E-state index contributed by atoms with van der Waals surface area (Å²) < 4.78 is 11.0. The number of nitrogens with zero attached hydrogens (tertiary/aromatic N) is 3. The van der Waals surface area contributed by atoms with Gasteiger partial charge in [-0.25, -0.2) is 15.8 Å². The van der Waals surface area contributed by atoms with Crippen molar-refractivity contribution in [3.63, 3.8) is 0 Å². The summed E-state index contributed by atoms with van der Waals surface area (Å²) in [5.74, 6) is 6.65. The second-order valence-electron chi connectivity index (χ2n) is 11.0. The third-order valence-corrected chi connectivity index (χ3v) is 8.07. The molecule has 5 rings (SSSR count). The van der Waals surface area contributed by atoms with Crippen molar-refractivity contribution in [3.05, 3.63) is 65.6 Å². The minimum absolute atomic E-state index is 0.00518. The first-order valence-electron chi connectivity index (χ1n) is 14.7. The lowest BCUT2D eigenvalue weighted by atomic mass is 9.85. The number of rotatable bonds is 12. The summed E-state index contributed by atoms with van der Waals surface area (Å²) in [6.45, 7) is 3.02. The molecule has 0 radical (unpaired) electrons. The molecule has 1 saturated carbocycles. The number of hydrogen-bond acceptors (Lipinski definition) is 10. The van der Waals surface area contributed by atoms with Crippen LogP contribution in [0.3, 0.4) is 0 Å². The zero-order valence-electron chi connectivity index (χ0n) is 24.5. The van der Waals surface area contributed by atoms with Crippen molar-refractivity contribution in [2.24, 2.45) is 23.4 Å². The van der Waals surface area contributed by atoms with E-state index >= 15 is 0 Å². The normalized spacial score (nSPS) is 15.7. The fourth-order valence-electron chi connectivity index (χ4n) is 5.36. The van der Waals surface area contributed by atoms with E-state index in [0.717, 1.165) is 55.2 Å². The lowest BCUT2D eigenvalue weighted by Gasteiger charge is -2.25. The lowest BCUT2D eigenvalue weighted by molar-refractivity contribution is 0.0699. The van der Waals surface area contributed by atoms with E-state index < -0.39 is 11.8 Å². The highest BCUT2D eigenvalue weighted by Crippen LogP contribution is 2.29. The number of fused-ring (bicyclic) bond motifs is 1. The van der Waals surface area contributed by atoms with Crippen LogP contribution in [0.1, 0.15) is 58.5 Å². The number of methoxy groups -OCH3 is 1. The highest BCUT2D eigenvalue weighted by Gasteiger charge is 2.25. The van der Waals surface area contributed by atoms with Crippen molar-refractivity contribution in [3.8, 4) is 5.88 Å². The van der Waals surface area contributed by atoms with Gasteiger partial charge in [-0.3, -0.25) is 9.59 Å². The fourth-order valence-corrected chi connectivity index (χ4v) is 5.36. The molecular formula is C31H40N8O4. The summed E-state index contributed by atoms with van der Waals surface area (Å²) >= 11 is 0. The van der Waals surface area contributed by atoms with Gasteiger partial charge in [-0.15, -0.1) is 0 Å². The summed E-state index contributed by atoms with van der Waals surface area (Å²) in [7, 11) is 1.48.